The van der Waals surface area contributed by atoms with E-state index >= 15 is 0 Å². The van der Waals surface area contributed by atoms with Crippen molar-refractivity contribution in [3.8, 4) is 5.75 Å². The first-order chi connectivity index (χ1) is 15.3. The van der Waals surface area contributed by atoms with Gasteiger partial charge in [-0.2, -0.15) is 0 Å². The SMILES string of the molecule is COc1ccc(S(=O)(=O)N2CCc3ccccc32)cc1C(=O)Nc1ccccc1C(C)C. The molecule has 166 valence electrons. The third kappa shape index (κ3) is 3.96. The number of benzene rings is 3. The molecule has 0 unspecified atom stereocenters. The molecule has 3 aromatic rings. The van der Waals surface area contributed by atoms with Crippen LogP contribution in [-0.4, -0.2) is 28.0 Å². The number of sulfonamides is 1. The molecule has 0 saturated heterocycles. The topological polar surface area (TPSA) is 75.7 Å². The lowest BCUT2D eigenvalue weighted by molar-refractivity contribution is 0.102. The average Bonchev–Trinajstić information content (AvgIpc) is 3.24. The zero-order valence-corrected chi connectivity index (χ0v) is 19.1. The van der Waals surface area contributed by atoms with Crippen molar-refractivity contribution < 1.29 is 17.9 Å². The predicted octanol–water partition coefficient (Wildman–Crippen LogP) is 4.82. The number of amides is 1. The van der Waals surface area contributed by atoms with Gasteiger partial charge in [0, 0.05) is 12.2 Å². The van der Waals surface area contributed by atoms with Crippen LogP contribution in [0.3, 0.4) is 0 Å². The van der Waals surface area contributed by atoms with E-state index in [0.29, 0.717) is 30.1 Å². The van der Waals surface area contributed by atoms with Gasteiger partial charge in [0.2, 0.25) is 0 Å². The molecule has 0 aromatic heterocycles. The highest BCUT2D eigenvalue weighted by Crippen LogP contribution is 2.34. The number of rotatable bonds is 6. The largest absolute Gasteiger partial charge is 0.496 e. The van der Waals surface area contributed by atoms with Gasteiger partial charge in [0.1, 0.15) is 5.75 Å². The van der Waals surface area contributed by atoms with Crippen LogP contribution in [0.1, 0.15) is 41.3 Å². The van der Waals surface area contributed by atoms with Crippen LogP contribution in [-0.2, 0) is 16.4 Å². The summed E-state index contributed by atoms with van der Waals surface area (Å²) in [6, 6.07) is 19.4. The first-order valence-electron chi connectivity index (χ1n) is 10.5. The van der Waals surface area contributed by atoms with Crippen molar-refractivity contribution in [1.82, 2.24) is 0 Å². The maximum atomic E-state index is 13.4. The fourth-order valence-corrected chi connectivity index (χ4v) is 5.54. The van der Waals surface area contributed by atoms with E-state index in [9.17, 15) is 13.2 Å². The molecule has 6 nitrogen and oxygen atoms in total. The number of fused-ring (bicyclic) bond motifs is 1. The van der Waals surface area contributed by atoms with Crippen molar-refractivity contribution in [3.05, 3.63) is 83.4 Å². The summed E-state index contributed by atoms with van der Waals surface area (Å²) in [4.78, 5) is 13.2. The predicted molar refractivity (Wildman–Crippen MR) is 126 cm³/mol. The third-order valence-corrected chi connectivity index (χ3v) is 7.49. The summed E-state index contributed by atoms with van der Waals surface area (Å²) in [5.74, 6) is 0.106. The molecule has 0 atom stereocenters. The van der Waals surface area contributed by atoms with Gasteiger partial charge in [-0.25, -0.2) is 8.42 Å². The molecule has 1 N–H and O–H groups in total. The number of nitrogens with one attached hydrogen (secondary N) is 1. The summed E-state index contributed by atoms with van der Waals surface area (Å²) in [6.07, 6.45) is 0.658. The smallest absolute Gasteiger partial charge is 0.264 e. The van der Waals surface area contributed by atoms with E-state index in [-0.39, 0.29) is 16.4 Å². The molecule has 1 aliphatic heterocycles. The summed E-state index contributed by atoms with van der Waals surface area (Å²) in [7, 11) is -2.37. The van der Waals surface area contributed by atoms with Crippen LogP contribution in [0.4, 0.5) is 11.4 Å². The molecule has 0 fully saturated rings. The molecular formula is C25H26N2O4S. The van der Waals surface area contributed by atoms with Gasteiger partial charge in [-0.1, -0.05) is 50.2 Å². The van der Waals surface area contributed by atoms with Crippen LogP contribution in [0.15, 0.2) is 71.6 Å². The molecule has 0 saturated carbocycles. The molecule has 4 rings (SSSR count). The molecule has 0 spiro atoms. The van der Waals surface area contributed by atoms with Gasteiger partial charge in [-0.15, -0.1) is 0 Å². The Bertz CT molecular complexity index is 1270. The Labute approximate surface area is 188 Å². The molecule has 3 aromatic carbocycles. The molecule has 0 radical (unpaired) electrons. The second-order valence-electron chi connectivity index (χ2n) is 8.01. The number of hydrogen-bond acceptors (Lipinski definition) is 4. The second kappa shape index (κ2) is 8.67. The standard InChI is InChI=1S/C25H26N2O4S/c1-17(2)20-9-5-6-10-22(20)26-25(28)21-16-19(12-13-24(21)31-3)32(29,30)27-15-14-18-8-4-7-11-23(18)27/h4-13,16-17H,14-15H2,1-3H3,(H,26,28). The van der Waals surface area contributed by atoms with E-state index in [4.69, 9.17) is 4.74 Å². The van der Waals surface area contributed by atoms with Gasteiger partial charge in [0.05, 0.1) is 23.3 Å². The number of hydrogen-bond donors (Lipinski definition) is 1. The van der Waals surface area contributed by atoms with Gasteiger partial charge in [0.15, 0.2) is 0 Å². The Morgan fingerprint density at radius 2 is 1.75 bits per heavy atom. The third-order valence-electron chi connectivity index (χ3n) is 5.68. The first kappa shape index (κ1) is 21.9. The fourth-order valence-electron chi connectivity index (χ4n) is 4.01. The summed E-state index contributed by atoms with van der Waals surface area (Å²) in [5.41, 5.74) is 3.53. The van der Waals surface area contributed by atoms with Gasteiger partial charge in [-0.3, -0.25) is 9.10 Å². The van der Waals surface area contributed by atoms with E-state index < -0.39 is 15.9 Å². The Morgan fingerprint density at radius 3 is 2.50 bits per heavy atom. The summed E-state index contributed by atoms with van der Waals surface area (Å²) < 4.78 is 33.6. The van der Waals surface area contributed by atoms with Crippen molar-refractivity contribution in [1.29, 1.82) is 0 Å². The van der Waals surface area contributed by atoms with E-state index in [1.54, 1.807) is 6.07 Å². The normalized spacial score (nSPS) is 13.2. The lowest BCUT2D eigenvalue weighted by atomic mass is 10.0. The molecule has 1 amide bonds. The highest BCUT2D eigenvalue weighted by Gasteiger charge is 2.31. The monoisotopic (exact) mass is 450 g/mol. The first-order valence-corrected chi connectivity index (χ1v) is 12.0. The summed E-state index contributed by atoms with van der Waals surface area (Å²) in [5, 5.41) is 2.92. The molecule has 7 heteroatoms. The average molecular weight is 451 g/mol. The number of carbonyl (C=O) groups excluding carboxylic acids is 1. The minimum atomic E-state index is -3.83. The molecule has 32 heavy (non-hydrogen) atoms. The Morgan fingerprint density at radius 1 is 1.03 bits per heavy atom. The van der Waals surface area contributed by atoms with Crippen LogP contribution in [0.2, 0.25) is 0 Å². The van der Waals surface area contributed by atoms with Crippen molar-refractivity contribution in [3.63, 3.8) is 0 Å². The second-order valence-corrected chi connectivity index (χ2v) is 9.88. The number of ether oxygens (including phenoxy) is 1. The minimum absolute atomic E-state index is 0.0531. The van der Waals surface area contributed by atoms with Gasteiger partial charge in [-0.05, 0) is 53.8 Å². The van der Waals surface area contributed by atoms with E-state index in [0.717, 1.165) is 11.1 Å². The fraction of sp³-hybridized carbons (Fsp3) is 0.240. The van der Waals surface area contributed by atoms with E-state index in [1.807, 2.05) is 56.3 Å². The molecular weight excluding hydrogens is 424 g/mol. The highest BCUT2D eigenvalue weighted by atomic mass is 32.2. The summed E-state index contributed by atoms with van der Waals surface area (Å²) >= 11 is 0. The molecule has 0 bridgehead atoms. The van der Waals surface area contributed by atoms with Crippen LogP contribution >= 0.6 is 0 Å². The van der Waals surface area contributed by atoms with Crippen molar-refractivity contribution >= 4 is 27.3 Å². The van der Waals surface area contributed by atoms with Crippen molar-refractivity contribution in [2.24, 2.45) is 0 Å². The summed E-state index contributed by atoms with van der Waals surface area (Å²) in [6.45, 7) is 4.47. The van der Waals surface area contributed by atoms with Crippen molar-refractivity contribution in [2.45, 2.75) is 31.1 Å². The van der Waals surface area contributed by atoms with E-state index in [1.165, 1.54) is 29.6 Å². The van der Waals surface area contributed by atoms with Crippen LogP contribution in [0.5, 0.6) is 5.75 Å². The number of para-hydroxylation sites is 2. The molecule has 0 aliphatic carbocycles. The van der Waals surface area contributed by atoms with Crippen LogP contribution in [0.25, 0.3) is 0 Å². The van der Waals surface area contributed by atoms with Crippen LogP contribution in [0, 0.1) is 0 Å². The maximum absolute atomic E-state index is 13.4. The lowest BCUT2D eigenvalue weighted by Gasteiger charge is -2.20. The highest BCUT2D eigenvalue weighted by molar-refractivity contribution is 7.92. The lowest BCUT2D eigenvalue weighted by Crippen LogP contribution is -2.29. The van der Waals surface area contributed by atoms with Gasteiger partial charge >= 0.3 is 0 Å². The van der Waals surface area contributed by atoms with E-state index in [2.05, 4.69) is 5.32 Å². The van der Waals surface area contributed by atoms with Crippen molar-refractivity contribution in [2.75, 3.05) is 23.3 Å². The zero-order valence-electron chi connectivity index (χ0n) is 18.3. The quantitative estimate of drug-likeness (QED) is 0.584. The number of nitrogens with zero attached hydrogens (tertiary/aromatic N) is 1. The van der Waals surface area contributed by atoms with Gasteiger partial charge in [0.25, 0.3) is 15.9 Å². The molecule has 1 aliphatic rings. The number of methoxy groups -OCH3 is 1. The zero-order chi connectivity index (χ0) is 22.9. The van der Waals surface area contributed by atoms with Crippen LogP contribution < -0.4 is 14.4 Å². The van der Waals surface area contributed by atoms with Gasteiger partial charge < -0.3 is 10.1 Å². The Kier molecular flexibility index (Phi) is 5.93. The minimum Gasteiger partial charge on any atom is -0.496 e. The Hall–Kier alpha value is -3.32. The molecule has 1 heterocycles. The number of carbonyl (C=O) groups is 1. The Balaban J connectivity index is 1.70. The number of anilines is 2. The maximum Gasteiger partial charge on any atom is 0.264 e.